The van der Waals surface area contributed by atoms with Crippen LogP contribution in [0.2, 0.25) is 5.02 Å². The summed E-state index contributed by atoms with van der Waals surface area (Å²) in [5.74, 6) is 0.823. The molecule has 0 amide bonds. The average Bonchev–Trinajstić information content (AvgIpc) is 2.33. The van der Waals surface area contributed by atoms with Gasteiger partial charge >= 0.3 is 6.18 Å². The quantitative estimate of drug-likeness (QED) is 0.892. The zero-order valence-electron chi connectivity index (χ0n) is 10.3. The first-order valence-corrected chi connectivity index (χ1v) is 5.93. The molecule has 0 fully saturated rings. The Morgan fingerprint density at radius 3 is 2.35 bits per heavy atom. The van der Waals surface area contributed by atoms with Gasteiger partial charge in [0.1, 0.15) is 17.3 Å². The maximum absolute atomic E-state index is 12.5. The molecular weight excluding hydrogens is 293 g/mol. The van der Waals surface area contributed by atoms with Gasteiger partial charge in [0.2, 0.25) is 0 Å². The number of anilines is 1. The summed E-state index contributed by atoms with van der Waals surface area (Å²) in [6, 6.07) is 5.99. The molecule has 0 saturated carbocycles. The summed E-state index contributed by atoms with van der Waals surface area (Å²) in [6.45, 7) is 1.67. The van der Waals surface area contributed by atoms with Crippen LogP contribution in [0.15, 0.2) is 30.3 Å². The Morgan fingerprint density at radius 1 is 1.15 bits per heavy atom. The van der Waals surface area contributed by atoms with E-state index in [0.717, 1.165) is 12.1 Å². The molecule has 2 N–H and O–H groups in total. The summed E-state index contributed by atoms with van der Waals surface area (Å²) in [7, 11) is 0. The van der Waals surface area contributed by atoms with Crippen molar-refractivity contribution in [3.05, 3.63) is 46.6 Å². The highest BCUT2D eigenvalue weighted by Crippen LogP contribution is 2.36. The second-order valence-electron chi connectivity index (χ2n) is 4.06. The number of halogens is 4. The number of pyridine rings is 1. The summed E-state index contributed by atoms with van der Waals surface area (Å²) in [5, 5.41) is -0.129. The van der Waals surface area contributed by atoms with Crippen LogP contribution in [-0.4, -0.2) is 4.98 Å². The molecule has 106 valence electrons. The number of alkyl halides is 3. The first-order valence-electron chi connectivity index (χ1n) is 5.55. The molecule has 0 spiro atoms. The Hall–Kier alpha value is -1.95. The first-order chi connectivity index (χ1) is 9.27. The van der Waals surface area contributed by atoms with Crippen molar-refractivity contribution in [1.82, 2.24) is 4.98 Å². The van der Waals surface area contributed by atoms with Crippen molar-refractivity contribution >= 4 is 17.4 Å². The van der Waals surface area contributed by atoms with Crippen LogP contribution in [0.4, 0.5) is 19.0 Å². The third kappa shape index (κ3) is 3.14. The molecule has 0 atom stereocenters. The van der Waals surface area contributed by atoms with Crippen molar-refractivity contribution in [3.8, 4) is 11.5 Å². The fourth-order valence-electron chi connectivity index (χ4n) is 1.55. The second-order valence-corrected chi connectivity index (χ2v) is 4.47. The lowest BCUT2D eigenvalue weighted by Crippen LogP contribution is -2.04. The minimum Gasteiger partial charge on any atom is -0.454 e. The smallest absolute Gasteiger partial charge is 0.416 e. The van der Waals surface area contributed by atoms with E-state index in [2.05, 4.69) is 4.98 Å². The number of rotatable bonds is 2. The number of benzene rings is 1. The van der Waals surface area contributed by atoms with Gasteiger partial charge in [0, 0.05) is 0 Å². The van der Waals surface area contributed by atoms with E-state index in [-0.39, 0.29) is 10.8 Å². The number of aromatic nitrogens is 1. The Balaban J connectivity index is 2.30. The highest BCUT2D eigenvalue weighted by Gasteiger charge is 2.31. The van der Waals surface area contributed by atoms with Crippen LogP contribution >= 0.6 is 11.6 Å². The largest absolute Gasteiger partial charge is 0.454 e. The summed E-state index contributed by atoms with van der Waals surface area (Å²) >= 11 is 5.80. The van der Waals surface area contributed by atoms with E-state index in [1.165, 1.54) is 12.1 Å². The maximum atomic E-state index is 12.5. The molecular formula is C13H10ClF3N2O. The minimum absolute atomic E-state index is 0.120. The second kappa shape index (κ2) is 5.20. The van der Waals surface area contributed by atoms with Crippen LogP contribution < -0.4 is 10.5 Å². The lowest BCUT2D eigenvalue weighted by atomic mass is 10.2. The van der Waals surface area contributed by atoms with Crippen LogP contribution in [0.25, 0.3) is 0 Å². The number of ether oxygens (including phenoxy) is 1. The lowest BCUT2D eigenvalue weighted by Gasteiger charge is -2.12. The van der Waals surface area contributed by atoms with Gasteiger partial charge in [-0.15, -0.1) is 0 Å². The van der Waals surface area contributed by atoms with Gasteiger partial charge in [-0.25, -0.2) is 4.98 Å². The van der Waals surface area contributed by atoms with Crippen LogP contribution in [-0.2, 0) is 6.18 Å². The molecule has 0 aliphatic carbocycles. The van der Waals surface area contributed by atoms with Crippen LogP contribution in [0.1, 0.15) is 11.3 Å². The van der Waals surface area contributed by atoms with Crippen molar-refractivity contribution in [2.45, 2.75) is 13.1 Å². The van der Waals surface area contributed by atoms with Crippen molar-refractivity contribution in [1.29, 1.82) is 0 Å². The van der Waals surface area contributed by atoms with E-state index in [0.29, 0.717) is 17.3 Å². The molecule has 0 radical (unpaired) electrons. The number of aryl methyl sites for hydroxylation is 1. The molecule has 0 saturated heterocycles. The van der Waals surface area contributed by atoms with Gasteiger partial charge in [0.25, 0.3) is 0 Å². The third-order valence-electron chi connectivity index (χ3n) is 2.54. The highest BCUT2D eigenvalue weighted by atomic mass is 35.5. The number of nitrogen functional groups attached to an aromatic ring is 1. The van der Waals surface area contributed by atoms with E-state index in [9.17, 15) is 13.2 Å². The molecule has 0 unspecified atom stereocenters. The Morgan fingerprint density at radius 2 is 1.80 bits per heavy atom. The van der Waals surface area contributed by atoms with E-state index < -0.39 is 11.7 Å². The van der Waals surface area contributed by atoms with Gasteiger partial charge in [-0.05, 0) is 37.3 Å². The molecule has 1 aromatic carbocycles. The average molecular weight is 303 g/mol. The molecule has 2 aromatic rings. The van der Waals surface area contributed by atoms with E-state index in [1.54, 1.807) is 13.0 Å². The molecule has 20 heavy (non-hydrogen) atoms. The molecule has 1 aromatic heterocycles. The number of nitrogens with zero attached hydrogens (tertiary/aromatic N) is 1. The molecule has 0 aliphatic rings. The Labute approximate surface area is 118 Å². The zero-order valence-corrected chi connectivity index (χ0v) is 11.1. The van der Waals surface area contributed by atoms with Crippen LogP contribution in [0.5, 0.6) is 11.5 Å². The van der Waals surface area contributed by atoms with Gasteiger partial charge in [0.05, 0.1) is 16.3 Å². The lowest BCUT2D eigenvalue weighted by molar-refractivity contribution is -0.137. The predicted octanol–water partition coefficient (Wildman–Crippen LogP) is 4.44. The van der Waals surface area contributed by atoms with E-state index >= 15 is 0 Å². The summed E-state index contributed by atoms with van der Waals surface area (Å²) in [5.41, 5.74) is 5.18. The van der Waals surface area contributed by atoms with Gasteiger partial charge in [-0.1, -0.05) is 11.6 Å². The summed E-state index contributed by atoms with van der Waals surface area (Å²) in [4.78, 5) is 3.99. The molecule has 0 bridgehead atoms. The number of nitrogens with two attached hydrogens (primary N) is 1. The van der Waals surface area contributed by atoms with Crippen LogP contribution in [0, 0.1) is 6.92 Å². The highest BCUT2D eigenvalue weighted by molar-refractivity contribution is 6.32. The third-order valence-corrected chi connectivity index (χ3v) is 2.83. The zero-order chi connectivity index (χ0) is 14.9. The van der Waals surface area contributed by atoms with Gasteiger partial charge in [-0.3, -0.25) is 0 Å². The maximum Gasteiger partial charge on any atom is 0.416 e. The fourth-order valence-corrected chi connectivity index (χ4v) is 1.77. The van der Waals surface area contributed by atoms with Crippen molar-refractivity contribution in [3.63, 3.8) is 0 Å². The molecule has 3 nitrogen and oxygen atoms in total. The van der Waals surface area contributed by atoms with E-state index in [4.69, 9.17) is 22.1 Å². The standard InChI is InChI=1S/C13H10ClF3N2O/c1-7-10(4-5-12(18)19-7)20-11-3-2-8(6-9(11)14)13(15,16)17/h2-6H,1H3,(H2,18,19). The normalized spacial score (nSPS) is 11.4. The topological polar surface area (TPSA) is 48.1 Å². The number of hydrogen-bond donors (Lipinski definition) is 1. The molecule has 2 rings (SSSR count). The molecule has 7 heteroatoms. The fraction of sp³-hybridized carbons (Fsp3) is 0.154. The predicted molar refractivity (Wildman–Crippen MR) is 69.9 cm³/mol. The SMILES string of the molecule is Cc1nc(N)ccc1Oc1ccc(C(F)(F)F)cc1Cl. The monoisotopic (exact) mass is 302 g/mol. The molecule has 0 aliphatic heterocycles. The Bertz CT molecular complexity index is 644. The van der Waals surface area contributed by atoms with Gasteiger partial charge in [-0.2, -0.15) is 13.2 Å². The van der Waals surface area contributed by atoms with Crippen molar-refractivity contribution in [2.24, 2.45) is 0 Å². The van der Waals surface area contributed by atoms with Gasteiger partial charge < -0.3 is 10.5 Å². The number of hydrogen-bond acceptors (Lipinski definition) is 3. The first kappa shape index (κ1) is 14.5. The van der Waals surface area contributed by atoms with Crippen LogP contribution in [0.3, 0.4) is 0 Å². The van der Waals surface area contributed by atoms with Gasteiger partial charge in [0.15, 0.2) is 0 Å². The van der Waals surface area contributed by atoms with E-state index in [1.807, 2.05) is 0 Å². The summed E-state index contributed by atoms with van der Waals surface area (Å²) < 4.78 is 43.0. The minimum atomic E-state index is -4.44. The van der Waals surface area contributed by atoms with Crippen molar-refractivity contribution < 1.29 is 17.9 Å². The Kier molecular flexibility index (Phi) is 3.76. The molecule has 1 heterocycles. The summed E-state index contributed by atoms with van der Waals surface area (Å²) in [6.07, 6.45) is -4.44. The van der Waals surface area contributed by atoms with Crippen molar-refractivity contribution in [2.75, 3.05) is 5.73 Å².